The van der Waals surface area contributed by atoms with Crippen LogP contribution in [0.4, 0.5) is 0 Å². The second-order valence-electron chi connectivity index (χ2n) is 3.89. The lowest BCUT2D eigenvalue weighted by molar-refractivity contribution is -0.184. The molecule has 0 spiro atoms. The summed E-state index contributed by atoms with van der Waals surface area (Å²) in [7, 11) is 0. The number of hydrogen-bond donors (Lipinski definition) is 1. The maximum Gasteiger partial charge on any atom is 0.421 e. The molecule has 0 aliphatic carbocycles. The fourth-order valence-electron chi connectivity index (χ4n) is 1.49. The smallest absolute Gasteiger partial charge is 0.405 e. The molecule has 18 heavy (non-hydrogen) atoms. The van der Waals surface area contributed by atoms with Crippen molar-refractivity contribution in [3.63, 3.8) is 0 Å². The number of rotatable bonds is 3. The van der Waals surface area contributed by atoms with Crippen LogP contribution in [0.5, 0.6) is 0 Å². The van der Waals surface area contributed by atoms with Crippen molar-refractivity contribution < 1.29 is 23.9 Å². The van der Waals surface area contributed by atoms with E-state index in [9.17, 15) is 14.4 Å². The van der Waals surface area contributed by atoms with Gasteiger partial charge in [-0.05, 0) is 5.56 Å². The van der Waals surface area contributed by atoms with Crippen molar-refractivity contribution in [3.05, 3.63) is 35.9 Å². The van der Waals surface area contributed by atoms with Crippen LogP contribution in [-0.2, 0) is 30.4 Å². The largest absolute Gasteiger partial charge is 0.421 e. The summed E-state index contributed by atoms with van der Waals surface area (Å²) in [5, 5.41) is 2.53. The van der Waals surface area contributed by atoms with Gasteiger partial charge in [0.1, 0.15) is 0 Å². The predicted molar refractivity (Wildman–Crippen MR) is 58.9 cm³/mol. The summed E-state index contributed by atoms with van der Waals surface area (Å²) in [5.74, 6) is -4.87. The normalized spacial score (nSPS) is 16.9. The monoisotopic (exact) mass is 249 g/mol. The number of nitrogens with one attached hydrogen (secondary N) is 1. The average molecular weight is 249 g/mol. The van der Waals surface area contributed by atoms with Crippen LogP contribution >= 0.6 is 0 Å². The van der Waals surface area contributed by atoms with Crippen molar-refractivity contribution in [2.24, 2.45) is 0 Å². The molecule has 0 aromatic heterocycles. The van der Waals surface area contributed by atoms with E-state index in [1.54, 1.807) is 0 Å². The van der Waals surface area contributed by atoms with Crippen LogP contribution in [0.1, 0.15) is 12.5 Å². The van der Waals surface area contributed by atoms with Crippen LogP contribution in [0.25, 0.3) is 0 Å². The summed E-state index contributed by atoms with van der Waals surface area (Å²) in [6.45, 7) is 1.47. The quantitative estimate of drug-likeness (QED) is 0.607. The molecule has 1 aliphatic heterocycles. The van der Waals surface area contributed by atoms with Crippen LogP contribution in [0.3, 0.4) is 0 Å². The minimum atomic E-state index is -1.87. The average Bonchev–Trinajstić information content (AvgIpc) is 2.63. The molecule has 1 saturated heterocycles. The summed E-state index contributed by atoms with van der Waals surface area (Å²) >= 11 is 0. The van der Waals surface area contributed by atoms with Crippen LogP contribution in [-0.4, -0.2) is 23.6 Å². The van der Waals surface area contributed by atoms with Gasteiger partial charge in [-0.15, -0.1) is 0 Å². The lowest BCUT2D eigenvalue weighted by Gasteiger charge is -2.19. The minimum absolute atomic E-state index is 0.254. The molecule has 0 radical (unpaired) electrons. The Balaban J connectivity index is 1.97. The summed E-state index contributed by atoms with van der Waals surface area (Å²) in [4.78, 5) is 33.5. The van der Waals surface area contributed by atoms with Crippen LogP contribution < -0.4 is 5.32 Å². The first kappa shape index (κ1) is 12.1. The van der Waals surface area contributed by atoms with E-state index in [0.717, 1.165) is 5.56 Å². The molecule has 1 amide bonds. The summed E-state index contributed by atoms with van der Waals surface area (Å²) in [6.07, 6.45) is 0. The number of hydrogen-bond acceptors (Lipinski definition) is 5. The van der Waals surface area contributed by atoms with E-state index in [0.29, 0.717) is 0 Å². The Kier molecular flexibility index (Phi) is 3.01. The van der Waals surface area contributed by atoms with Gasteiger partial charge in [0, 0.05) is 13.5 Å². The Hall–Kier alpha value is -2.37. The zero-order chi connectivity index (χ0) is 13.2. The number of carbonyl (C=O) groups excluding carboxylic acids is 3. The summed E-state index contributed by atoms with van der Waals surface area (Å²) in [5.41, 5.74) is 0.880. The second kappa shape index (κ2) is 4.48. The maximum atomic E-state index is 11.8. The molecule has 1 N–H and O–H groups in total. The SMILES string of the molecule is CC1(C(=O)NCc2ccccc2)OC(=O)C(=O)O1. The molecule has 1 aromatic carbocycles. The topological polar surface area (TPSA) is 81.7 Å². The van der Waals surface area contributed by atoms with Gasteiger partial charge in [-0.1, -0.05) is 30.3 Å². The zero-order valence-corrected chi connectivity index (χ0v) is 9.64. The van der Waals surface area contributed by atoms with Gasteiger partial charge >= 0.3 is 23.6 Å². The van der Waals surface area contributed by atoms with Crippen molar-refractivity contribution in [2.75, 3.05) is 0 Å². The number of benzene rings is 1. The van der Waals surface area contributed by atoms with Gasteiger partial charge in [0.2, 0.25) is 0 Å². The van der Waals surface area contributed by atoms with Crippen LogP contribution in [0, 0.1) is 0 Å². The van der Waals surface area contributed by atoms with Crippen molar-refractivity contribution in [1.82, 2.24) is 5.32 Å². The predicted octanol–water partition coefficient (Wildman–Crippen LogP) is 0.119. The Labute approximate surface area is 103 Å². The summed E-state index contributed by atoms with van der Waals surface area (Å²) in [6, 6.07) is 9.18. The fraction of sp³-hybridized carbons (Fsp3) is 0.250. The fourth-order valence-corrected chi connectivity index (χ4v) is 1.49. The van der Waals surface area contributed by atoms with E-state index in [1.165, 1.54) is 6.92 Å². The van der Waals surface area contributed by atoms with E-state index in [-0.39, 0.29) is 6.54 Å². The highest BCUT2D eigenvalue weighted by molar-refractivity contribution is 6.32. The van der Waals surface area contributed by atoms with E-state index < -0.39 is 23.6 Å². The molecule has 0 unspecified atom stereocenters. The molecule has 1 heterocycles. The number of amides is 1. The van der Waals surface area contributed by atoms with Gasteiger partial charge in [0.25, 0.3) is 0 Å². The number of esters is 2. The number of ether oxygens (including phenoxy) is 2. The molecule has 1 aromatic rings. The van der Waals surface area contributed by atoms with E-state index in [1.807, 2.05) is 30.3 Å². The van der Waals surface area contributed by atoms with Gasteiger partial charge in [-0.25, -0.2) is 9.59 Å². The van der Waals surface area contributed by atoms with Crippen LogP contribution in [0.15, 0.2) is 30.3 Å². The third kappa shape index (κ3) is 2.32. The molecule has 0 bridgehead atoms. The first-order valence-corrected chi connectivity index (χ1v) is 5.30. The van der Waals surface area contributed by atoms with E-state index in [2.05, 4.69) is 14.8 Å². The minimum Gasteiger partial charge on any atom is -0.405 e. The second-order valence-corrected chi connectivity index (χ2v) is 3.89. The lowest BCUT2D eigenvalue weighted by atomic mass is 10.2. The highest BCUT2D eigenvalue weighted by Crippen LogP contribution is 2.20. The first-order chi connectivity index (χ1) is 8.51. The Morgan fingerprint density at radius 3 is 2.28 bits per heavy atom. The lowest BCUT2D eigenvalue weighted by Crippen LogP contribution is -2.45. The van der Waals surface area contributed by atoms with Gasteiger partial charge in [-0.2, -0.15) is 0 Å². The van der Waals surface area contributed by atoms with E-state index >= 15 is 0 Å². The third-order valence-electron chi connectivity index (χ3n) is 2.45. The Morgan fingerprint density at radius 1 is 1.17 bits per heavy atom. The molecule has 94 valence electrons. The van der Waals surface area contributed by atoms with Crippen molar-refractivity contribution >= 4 is 17.8 Å². The molecule has 1 fully saturated rings. The van der Waals surface area contributed by atoms with Crippen molar-refractivity contribution in [1.29, 1.82) is 0 Å². The van der Waals surface area contributed by atoms with Gasteiger partial charge in [-0.3, -0.25) is 4.79 Å². The standard InChI is InChI=1S/C12H11NO5/c1-12(17-9(14)10(15)18-12)11(16)13-7-8-5-3-2-4-6-8/h2-6H,7H2,1H3,(H,13,16). The molecule has 2 rings (SSSR count). The highest BCUT2D eigenvalue weighted by Gasteiger charge is 2.50. The molecular weight excluding hydrogens is 238 g/mol. The third-order valence-corrected chi connectivity index (χ3v) is 2.45. The molecule has 6 heteroatoms. The highest BCUT2D eigenvalue weighted by atomic mass is 16.8. The first-order valence-electron chi connectivity index (χ1n) is 5.30. The van der Waals surface area contributed by atoms with Crippen LogP contribution in [0.2, 0.25) is 0 Å². The van der Waals surface area contributed by atoms with Gasteiger partial charge in [0.05, 0.1) is 0 Å². The van der Waals surface area contributed by atoms with Crippen molar-refractivity contribution in [2.45, 2.75) is 19.3 Å². The molecular formula is C12H11NO5. The molecule has 0 atom stereocenters. The van der Waals surface area contributed by atoms with Gasteiger partial charge < -0.3 is 14.8 Å². The van der Waals surface area contributed by atoms with Gasteiger partial charge in [0.15, 0.2) is 0 Å². The maximum absolute atomic E-state index is 11.8. The molecule has 1 aliphatic rings. The van der Waals surface area contributed by atoms with E-state index in [4.69, 9.17) is 0 Å². The number of carbonyl (C=O) groups is 3. The number of cyclic esters (lactones) is 2. The molecule has 0 saturated carbocycles. The summed E-state index contributed by atoms with van der Waals surface area (Å²) < 4.78 is 9.18. The molecule has 6 nitrogen and oxygen atoms in total. The Bertz CT molecular complexity index is 480. The van der Waals surface area contributed by atoms with Crippen molar-refractivity contribution in [3.8, 4) is 0 Å². The Morgan fingerprint density at radius 2 is 1.72 bits per heavy atom. The zero-order valence-electron chi connectivity index (χ0n) is 9.64.